The van der Waals surface area contributed by atoms with E-state index in [4.69, 9.17) is 4.74 Å². The molecule has 2 heterocycles. The fourth-order valence-electron chi connectivity index (χ4n) is 3.87. The van der Waals surface area contributed by atoms with Gasteiger partial charge in [-0.15, -0.1) is 0 Å². The van der Waals surface area contributed by atoms with Crippen LogP contribution in [0.1, 0.15) is 44.6 Å². The van der Waals surface area contributed by atoms with Gasteiger partial charge < -0.3 is 20.1 Å². The predicted octanol–water partition coefficient (Wildman–Crippen LogP) is 3.31. The first kappa shape index (κ1) is 18.1. The Morgan fingerprint density at radius 3 is 2.64 bits per heavy atom. The van der Waals surface area contributed by atoms with Crippen LogP contribution in [0.3, 0.4) is 0 Å². The highest BCUT2D eigenvalue weighted by Crippen LogP contribution is 2.28. The number of ether oxygens (including phenoxy) is 1. The van der Waals surface area contributed by atoms with Gasteiger partial charge in [0.1, 0.15) is 5.75 Å². The number of aryl methyl sites for hydroxylation is 1. The fourth-order valence-corrected chi connectivity index (χ4v) is 3.87. The van der Waals surface area contributed by atoms with Crippen molar-refractivity contribution >= 4 is 6.03 Å². The van der Waals surface area contributed by atoms with Crippen molar-refractivity contribution in [2.45, 2.75) is 57.6 Å². The van der Waals surface area contributed by atoms with Crippen LogP contribution in [0.4, 0.5) is 4.79 Å². The van der Waals surface area contributed by atoms with Crippen molar-refractivity contribution in [1.29, 1.82) is 0 Å². The van der Waals surface area contributed by atoms with Crippen molar-refractivity contribution < 1.29 is 14.6 Å². The van der Waals surface area contributed by atoms with Crippen LogP contribution in [0.5, 0.6) is 5.75 Å². The third kappa shape index (κ3) is 5.11. The second kappa shape index (κ2) is 8.56. The summed E-state index contributed by atoms with van der Waals surface area (Å²) < 4.78 is 5.80. The third-order valence-corrected chi connectivity index (χ3v) is 5.49. The lowest BCUT2D eigenvalue weighted by molar-refractivity contribution is 0.0370. The molecule has 2 atom stereocenters. The van der Waals surface area contributed by atoms with Gasteiger partial charge in [-0.3, -0.25) is 0 Å². The average Bonchev–Trinajstić information content (AvgIpc) is 3.16. The molecule has 2 fully saturated rings. The van der Waals surface area contributed by atoms with Gasteiger partial charge in [-0.1, -0.05) is 12.1 Å². The van der Waals surface area contributed by atoms with E-state index in [0.717, 1.165) is 45.4 Å². The van der Waals surface area contributed by atoms with Crippen LogP contribution in [-0.4, -0.2) is 47.9 Å². The number of nitrogens with one attached hydrogen (secondary N) is 1. The van der Waals surface area contributed by atoms with Gasteiger partial charge in [0, 0.05) is 25.7 Å². The van der Waals surface area contributed by atoms with Crippen molar-refractivity contribution in [3.8, 4) is 5.75 Å². The lowest BCUT2D eigenvalue weighted by atomic mass is 9.90. The van der Waals surface area contributed by atoms with E-state index >= 15 is 0 Å². The molecule has 2 aliphatic heterocycles. The molecule has 1 aromatic carbocycles. The Labute approximate surface area is 150 Å². The van der Waals surface area contributed by atoms with Crippen LogP contribution < -0.4 is 5.32 Å². The highest BCUT2D eigenvalue weighted by Gasteiger charge is 2.31. The average molecular weight is 346 g/mol. The summed E-state index contributed by atoms with van der Waals surface area (Å²) in [6, 6.07) is 7.47. The number of rotatable bonds is 5. The molecule has 2 amide bonds. The van der Waals surface area contributed by atoms with Gasteiger partial charge in [-0.05, 0) is 69.1 Å². The number of hydrogen-bond acceptors (Lipinski definition) is 3. The Morgan fingerprint density at radius 1 is 1.28 bits per heavy atom. The summed E-state index contributed by atoms with van der Waals surface area (Å²) in [7, 11) is 0. The summed E-state index contributed by atoms with van der Waals surface area (Å²) >= 11 is 0. The van der Waals surface area contributed by atoms with E-state index in [9.17, 15) is 9.90 Å². The van der Waals surface area contributed by atoms with E-state index in [-0.39, 0.29) is 17.8 Å². The van der Waals surface area contributed by atoms with Gasteiger partial charge in [-0.25, -0.2) is 4.79 Å². The Morgan fingerprint density at radius 2 is 2.00 bits per heavy atom. The molecule has 2 saturated heterocycles. The Balaban J connectivity index is 1.37. The number of benzene rings is 1. The number of phenols is 1. The molecule has 0 bridgehead atoms. The monoisotopic (exact) mass is 346 g/mol. The van der Waals surface area contributed by atoms with E-state index < -0.39 is 0 Å². The van der Waals surface area contributed by atoms with Gasteiger partial charge in [0.25, 0.3) is 0 Å². The summed E-state index contributed by atoms with van der Waals surface area (Å²) in [5.41, 5.74) is 1.18. The van der Waals surface area contributed by atoms with Gasteiger partial charge in [0.15, 0.2) is 0 Å². The summed E-state index contributed by atoms with van der Waals surface area (Å²) in [4.78, 5) is 14.4. The summed E-state index contributed by atoms with van der Waals surface area (Å²) in [6.07, 6.45) is 6.69. The highest BCUT2D eigenvalue weighted by molar-refractivity contribution is 5.74. The fraction of sp³-hybridized carbons (Fsp3) is 0.650. The number of carbonyl (C=O) groups excluding carboxylic acids is 1. The number of nitrogens with zero attached hydrogens (tertiary/aromatic N) is 1. The topological polar surface area (TPSA) is 61.8 Å². The first-order valence-corrected chi connectivity index (χ1v) is 9.57. The predicted molar refractivity (Wildman–Crippen MR) is 97.7 cm³/mol. The number of urea groups is 1. The van der Waals surface area contributed by atoms with Crippen molar-refractivity contribution in [3.05, 3.63) is 29.8 Å². The molecule has 0 spiro atoms. The second-order valence-electron chi connectivity index (χ2n) is 7.43. The van der Waals surface area contributed by atoms with E-state index in [1.165, 1.54) is 18.4 Å². The normalized spacial score (nSPS) is 22.8. The van der Waals surface area contributed by atoms with Crippen molar-refractivity contribution in [2.75, 3.05) is 19.7 Å². The lowest BCUT2D eigenvalue weighted by Gasteiger charge is -2.35. The van der Waals surface area contributed by atoms with Crippen LogP contribution >= 0.6 is 0 Å². The minimum atomic E-state index is 0.0593. The number of hydrogen-bond donors (Lipinski definition) is 2. The molecule has 0 aromatic heterocycles. The standard InChI is InChI=1S/C20H30N2O3/c1-15(4-5-16-6-8-18(23)9-7-16)21-20(24)22-12-10-17(11-13-22)19-3-2-14-25-19/h6-9,15,17,19,23H,2-5,10-14H2,1H3,(H,21,24)/t15-,19-/m0/s1. The molecule has 5 nitrogen and oxygen atoms in total. The van der Waals surface area contributed by atoms with Crippen LogP contribution in [0.25, 0.3) is 0 Å². The minimum absolute atomic E-state index is 0.0593. The first-order valence-electron chi connectivity index (χ1n) is 9.57. The number of likely N-dealkylation sites (tertiary alicyclic amines) is 1. The second-order valence-corrected chi connectivity index (χ2v) is 7.43. The molecule has 2 N–H and O–H groups in total. The van der Waals surface area contributed by atoms with E-state index in [1.807, 2.05) is 17.0 Å². The van der Waals surface area contributed by atoms with Crippen molar-refractivity contribution in [2.24, 2.45) is 5.92 Å². The van der Waals surface area contributed by atoms with Crippen LogP contribution in [0.15, 0.2) is 24.3 Å². The Kier molecular flexibility index (Phi) is 6.19. The largest absolute Gasteiger partial charge is 0.508 e. The lowest BCUT2D eigenvalue weighted by Crippen LogP contribution is -2.48. The summed E-state index contributed by atoms with van der Waals surface area (Å²) in [5.74, 6) is 0.912. The number of carbonyl (C=O) groups is 1. The number of aromatic hydroxyl groups is 1. The van der Waals surface area contributed by atoms with E-state index in [2.05, 4.69) is 12.2 Å². The zero-order chi connectivity index (χ0) is 17.6. The molecule has 2 aliphatic rings. The zero-order valence-electron chi connectivity index (χ0n) is 15.1. The van der Waals surface area contributed by atoms with Crippen molar-refractivity contribution in [1.82, 2.24) is 10.2 Å². The van der Waals surface area contributed by atoms with Gasteiger partial charge in [-0.2, -0.15) is 0 Å². The van der Waals surface area contributed by atoms with Crippen molar-refractivity contribution in [3.63, 3.8) is 0 Å². The smallest absolute Gasteiger partial charge is 0.317 e. The maximum absolute atomic E-state index is 12.4. The molecule has 138 valence electrons. The third-order valence-electron chi connectivity index (χ3n) is 5.49. The van der Waals surface area contributed by atoms with Crippen LogP contribution in [0.2, 0.25) is 0 Å². The maximum Gasteiger partial charge on any atom is 0.317 e. The molecule has 0 aliphatic carbocycles. The minimum Gasteiger partial charge on any atom is -0.508 e. The quantitative estimate of drug-likeness (QED) is 0.860. The molecule has 3 rings (SSSR count). The van der Waals surface area contributed by atoms with Gasteiger partial charge in [0.2, 0.25) is 0 Å². The molecule has 5 heteroatoms. The molecule has 25 heavy (non-hydrogen) atoms. The molecular weight excluding hydrogens is 316 g/mol. The SMILES string of the molecule is C[C@@H](CCc1ccc(O)cc1)NC(=O)N1CCC([C@@H]2CCCO2)CC1. The van der Waals surface area contributed by atoms with E-state index in [0.29, 0.717) is 12.0 Å². The molecule has 1 aromatic rings. The number of piperidine rings is 1. The van der Waals surface area contributed by atoms with Gasteiger partial charge in [0.05, 0.1) is 6.10 Å². The Hall–Kier alpha value is -1.75. The summed E-state index contributed by atoms with van der Waals surface area (Å²) in [6.45, 7) is 4.63. The molecule has 0 saturated carbocycles. The molecule has 0 radical (unpaired) electrons. The van der Waals surface area contributed by atoms with Gasteiger partial charge >= 0.3 is 6.03 Å². The zero-order valence-corrected chi connectivity index (χ0v) is 15.1. The highest BCUT2D eigenvalue weighted by atomic mass is 16.5. The molecule has 0 unspecified atom stereocenters. The maximum atomic E-state index is 12.4. The van der Waals surface area contributed by atoms with Crippen LogP contribution in [-0.2, 0) is 11.2 Å². The number of amides is 2. The Bertz CT molecular complexity index is 547. The molecular formula is C20H30N2O3. The van der Waals surface area contributed by atoms with Crippen LogP contribution in [0, 0.1) is 5.92 Å². The first-order chi connectivity index (χ1) is 12.1. The number of phenolic OH excluding ortho intramolecular Hbond substituents is 1. The van der Waals surface area contributed by atoms with E-state index in [1.54, 1.807) is 12.1 Å². The summed E-state index contributed by atoms with van der Waals surface area (Å²) in [5, 5.41) is 12.4.